The summed E-state index contributed by atoms with van der Waals surface area (Å²) in [5.74, 6) is 1.96. The predicted molar refractivity (Wildman–Crippen MR) is 116 cm³/mol. The largest absolute Gasteiger partial charge is 0.385 e. The lowest BCUT2D eigenvalue weighted by Gasteiger charge is -2.27. The SMILES string of the molecule is CCNC(=NCC1(CCOC)CCCC1)NCCn1c(C)nc2ccccc21. The summed E-state index contributed by atoms with van der Waals surface area (Å²) >= 11 is 0. The van der Waals surface area contributed by atoms with Crippen LogP contribution in [0.25, 0.3) is 11.0 Å². The number of methoxy groups -OCH3 is 1. The summed E-state index contributed by atoms with van der Waals surface area (Å²) in [5.41, 5.74) is 2.56. The molecule has 1 aromatic carbocycles. The van der Waals surface area contributed by atoms with Crippen molar-refractivity contribution in [3.05, 3.63) is 30.1 Å². The Labute approximate surface area is 168 Å². The molecule has 28 heavy (non-hydrogen) atoms. The number of hydrogen-bond donors (Lipinski definition) is 2. The van der Waals surface area contributed by atoms with E-state index in [1.54, 1.807) is 7.11 Å². The van der Waals surface area contributed by atoms with Gasteiger partial charge in [0.1, 0.15) is 5.82 Å². The normalized spacial score (nSPS) is 16.6. The van der Waals surface area contributed by atoms with Crippen LogP contribution in [-0.2, 0) is 11.3 Å². The van der Waals surface area contributed by atoms with E-state index >= 15 is 0 Å². The average Bonchev–Trinajstić information content (AvgIpc) is 3.29. The van der Waals surface area contributed by atoms with Gasteiger partial charge in [0.2, 0.25) is 0 Å². The number of aliphatic imine (C=N–C) groups is 1. The number of imidazole rings is 1. The van der Waals surface area contributed by atoms with Crippen molar-refractivity contribution in [3.8, 4) is 0 Å². The minimum absolute atomic E-state index is 0.315. The molecule has 1 fully saturated rings. The zero-order valence-corrected chi connectivity index (χ0v) is 17.6. The summed E-state index contributed by atoms with van der Waals surface area (Å²) < 4.78 is 7.61. The summed E-state index contributed by atoms with van der Waals surface area (Å²) in [6.07, 6.45) is 6.26. The van der Waals surface area contributed by atoms with Gasteiger partial charge in [-0.2, -0.15) is 0 Å². The first-order chi connectivity index (χ1) is 13.7. The number of fused-ring (bicyclic) bond motifs is 1. The van der Waals surface area contributed by atoms with Gasteiger partial charge in [0.15, 0.2) is 5.96 Å². The van der Waals surface area contributed by atoms with Gasteiger partial charge in [0.25, 0.3) is 0 Å². The number of benzene rings is 1. The Hall–Kier alpha value is -2.08. The highest BCUT2D eigenvalue weighted by Crippen LogP contribution is 2.41. The molecule has 3 rings (SSSR count). The van der Waals surface area contributed by atoms with Crippen molar-refractivity contribution >= 4 is 17.0 Å². The van der Waals surface area contributed by atoms with Crippen molar-refractivity contribution in [2.24, 2.45) is 10.4 Å². The molecule has 154 valence electrons. The van der Waals surface area contributed by atoms with Crippen molar-refractivity contribution in [3.63, 3.8) is 0 Å². The number of guanidine groups is 1. The second-order valence-electron chi connectivity index (χ2n) is 7.87. The fraction of sp³-hybridized carbons (Fsp3) is 0.636. The Bertz CT molecular complexity index is 776. The summed E-state index contributed by atoms with van der Waals surface area (Å²) in [5, 5.41) is 6.90. The van der Waals surface area contributed by atoms with Crippen LogP contribution in [0.4, 0.5) is 0 Å². The predicted octanol–water partition coefficient (Wildman–Crippen LogP) is 3.50. The minimum atomic E-state index is 0.315. The first-order valence-electron chi connectivity index (χ1n) is 10.6. The van der Waals surface area contributed by atoms with E-state index in [1.807, 2.05) is 6.07 Å². The lowest BCUT2D eigenvalue weighted by Crippen LogP contribution is -2.40. The first kappa shape index (κ1) is 20.6. The van der Waals surface area contributed by atoms with E-state index in [4.69, 9.17) is 9.73 Å². The smallest absolute Gasteiger partial charge is 0.191 e. The van der Waals surface area contributed by atoms with Gasteiger partial charge in [0.05, 0.1) is 11.0 Å². The van der Waals surface area contributed by atoms with Crippen molar-refractivity contribution in [1.29, 1.82) is 0 Å². The van der Waals surface area contributed by atoms with Crippen LogP contribution in [0.3, 0.4) is 0 Å². The number of aryl methyl sites for hydroxylation is 1. The van der Waals surface area contributed by atoms with Crippen LogP contribution in [0.1, 0.15) is 44.9 Å². The summed E-state index contributed by atoms with van der Waals surface area (Å²) in [6.45, 7) is 8.43. The Morgan fingerprint density at radius 1 is 1.25 bits per heavy atom. The number of aromatic nitrogens is 2. The van der Waals surface area contributed by atoms with E-state index in [9.17, 15) is 0 Å². The third kappa shape index (κ3) is 5.04. The van der Waals surface area contributed by atoms with Crippen molar-refractivity contribution in [2.75, 3.05) is 33.4 Å². The van der Waals surface area contributed by atoms with Crippen LogP contribution in [0.5, 0.6) is 0 Å². The van der Waals surface area contributed by atoms with Gasteiger partial charge in [-0.05, 0) is 50.7 Å². The van der Waals surface area contributed by atoms with Crippen LogP contribution in [0.2, 0.25) is 0 Å². The molecule has 1 saturated carbocycles. The zero-order chi connectivity index (χ0) is 19.8. The molecule has 0 saturated heterocycles. The second kappa shape index (κ2) is 9.92. The highest BCUT2D eigenvalue weighted by atomic mass is 16.5. The number of nitrogens with one attached hydrogen (secondary N) is 2. The molecule has 1 aliphatic rings. The standard InChI is InChI=1S/C22H35N5O/c1-4-23-21(25-17-22(13-16-28-3)11-7-8-12-22)24-14-15-27-18(2)26-19-9-5-6-10-20(19)27/h5-6,9-10H,4,7-8,11-17H2,1-3H3,(H2,23,24,25). The van der Waals surface area contributed by atoms with Crippen LogP contribution >= 0.6 is 0 Å². The molecule has 0 atom stereocenters. The summed E-state index contributed by atoms with van der Waals surface area (Å²) in [4.78, 5) is 9.59. The maximum Gasteiger partial charge on any atom is 0.191 e. The van der Waals surface area contributed by atoms with E-state index in [2.05, 4.69) is 52.2 Å². The minimum Gasteiger partial charge on any atom is -0.385 e. The van der Waals surface area contributed by atoms with Gasteiger partial charge < -0.3 is 19.9 Å². The number of nitrogens with zero attached hydrogens (tertiary/aromatic N) is 3. The zero-order valence-electron chi connectivity index (χ0n) is 17.6. The van der Waals surface area contributed by atoms with E-state index in [-0.39, 0.29) is 0 Å². The number of rotatable bonds is 9. The number of hydrogen-bond acceptors (Lipinski definition) is 3. The van der Waals surface area contributed by atoms with E-state index in [0.717, 1.165) is 56.5 Å². The molecule has 1 aromatic heterocycles. The molecule has 2 aromatic rings. The molecule has 0 bridgehead atoms. The third-order valence-electron chi connectivity index (χ3n) is 5.89. The van der Waals surface area contributed by atoms with Crippen molar-refractivity contribution in [2.45, 2.75) is 52.5 Å². The molecule has 6 nitrogen and oxygen atoms in total. The first-order valence-corrected chi connectivity index (χ1v) is 10.6. The van der Waals surface area contributed by atoms with Crippen LogP contribution < -0.4 is 10.6 Å². The topological polar surface area (TPSA) is 63.5 Å². The second-order valence-corrected chi connectivity index (χ2v) is 7.87. The maximum atomic E-state index is 5.35. The molecular formula is C22H35N5O. The lowest BCUT2D eigenvalue weighted by atomic mass is 9.83. The Morgan fingerprint density at radius 2 is 2.04 bits per heavy atom. The van der Waals surface area contributed by atoms with Crippen molar-refractivity contribution in [1.82, 2.24) is 20.2 Å². The quantitative estimate of drug-likeness (QED) is 0.512. The van der Waals surface area contributed by atoms with E-state index in [1.165, 1.54) is 31.2 Å². The molecule has 0 spiro atoms. The Balaban J connectivity index is 1.61. The molecule has 6 heteroatoms. The monoisotopic (exact) mass is 385 g/mol. The van der Waals surface area contributed by atoms with Crippen LogP contribution in [-0.4, -0.2) is 48.9 Å². The van der Waals surface area contributed by atoms with Crippen LogP contribution in [0.15, 0.2) is 29.3 Å². The lowest BCUT2D eigenvalue weighted by molar-refractivity contribution is 0.141. The van der Waals surface area contributed by atoms with Crippen molar-refractivity contribution < 1.29 is 4.74 Å². The summed E-state index contributed by atoms with van der Waals surface area (Å²) in [6, 6.07) is 8.31. The molecule has 0 aliphatic heterocycles. The van der Waals surface area contributed by atoms with Gasteiger partial charge in [-0.15, -0.1) is 0 Å². The van der Waals surface area contributed by atoms with Gasteiger partial charge >= 0.3 is 0 Å². The molecular weight excluding hydrogens is 350 g/mol. The Kier molecular flexibility index (Phi) is 7.31. The Morgan fingerprint density at radius 3 is 2.79 bits per heavy atom. The van der Waals surface area contributed by atoms with Crippen LogP contribution in [0, 0.1) is 12.3 Å². The number of ether oxygens (including phenoxy) is 1. The average molecular weight is 386 g/mol. The fourth-order valence-electron chi connectivity index (χ4n) is 4.28. The molecule has 1 heterocycles. The van der Waals surface area contributed by atoms with Gasteiger partial charge in [-0.3, -0.25) is 4.99 Å². The van der Waals surface area contributed by atoms with Gasteiger partial charge in [-0.1, -0.05) is 25.0 Å². The van der Waals surface area contributed by atoms with Gasteiger partial charge in [-0.25, -0.2) is 4.98 Å². The molecule has 1 aliphatic carbocycles. The third-order valence-corrected chi connectivity index (χ3v) is 5.89. The molecule has 2 N–H and O–H groups in total. The van der Waals surface area contributed by atoms with E-state index < -0.39 is 0 Å². The molecule has 0 radical (unpaired) electrons. The van der Waals surface area contributed by atoms with Gasteiger partial charge in [0, 0.05) is 39.9 Å². The van der Waals surface area contributed by atoms with E-state index in [0.29, 0.717) is 5.41 Å². The number of para-hydroxylation sites is 2. The highest BCUT2D eigenvalue weighted by molar-refractivity contribution is 5.80. The molecule has 0 amide bonds. The molecule has 0 unspecified atom stereocenters. The fourth-order valence-corrected chi connectivity index (χ4v) is 4.28. The summed E-state index contributed by atoms with van der Waals surface area (Å²) in [7, 11) is 1.79. The maximum absolute atomic E-state index is 5.35. The highest BCUT2D eigenvalue weighted by Gasteiger charge is 2.33.